The molecule has 1 aromatic carbocycles. The highest BCUT2D eigenvalue weighted by Crippen LogP contribution is 2.37. The van der Waals surface area contributed by atoms with Crippen LogP contribution >= 0.6 is 0 Å². The van der Waals surface area contributed by atoms with Crippen molar-refractivity contribution in [1.29, 1.82) is 0 Å². The largest absolute Gasteiger partial charge is 0.498 e. The highest BCUT2D eigenvalue weighted by atomic mass is 16.7. The van der Waals surface area contributed by atoms with Crippen molar-refractivity contribution < 1.29 is 18.5 Å². The normalized spacial score (nSPS) is 20.6. The molecule has 0 bridgehead atoms. The molecule has 0 amide bonds. The molecule has 20 heavy (non-hydrogen) atoms. The Morgan fingerprint density at radius 2 is 1.70 bits per heavy atom. The van der Waals surface area contributed by atoms with E-state index in [9.17, 15) is 0 Å². The maximum absolute atomic E-state index is 6.09. The molecule has 0 radical (unpaired) electrons. The van der Waals surface area contributed by atoms with Crippen LogP contribution in [0.3, 0.4) is 0 Å². The van der Waals surface area contributed by atoms with Gasteiger partial charge in [0.1, 0.15) is 11.3 Å². The molecule has 106 valence electrons. The first-order valence-corrected chi connectivity index (χ1v) is 6.75. The van der Waals surface area contributed by atoms with Crippen LogP contribution in [0, 0.1) is 0 Å². The van der Waals surface area contributed by atoms with Crippen LogP contribution in [0.4, 0.5) is 0 Å². The zero-order chi connectivity index (χ0) is 14.5. The summed E-state index contributed by atoms with van der Waals surface area (Å²) >= 11 is 0. The quantitative estimate of drug-likeness (QED) is 0.789. The maximum atomic E-state index is 6.09. The minimum atomic E-state index is -0.455. The molecular weight excluding hydrogens is 255 g/mol. The lowest BCUT2D eigenvalue weighted by atomic mass is 9.78. The number of hydrogen-bond donors (Lipinski definition) is 0. The van der Waals surface area contributed by atoms with E-state index in [0.29, 0.717) is 0 Å². The van der Waals surface area contributed by atoms with Crippen molar-refractivity contribution in [2.75, 3.05) is 7.11 Å². The second-order valence-corrected chi connectivity index (χ2v) is 6.14. The lowest BCUT2D eigenvalue weighted by Gasteiger charge is -2.32. The molecule has 1 aliphatic heterocycles. The summed E-state index contributed by atoms with van der Waals surface area (Å²) in [6.45, 7) is 8.14. The highest BCUT2D eigenvalue weighted by Gasteiger charge is 2.52. The van der Waals surface area contributed by atoms with Crippen LogP contribution in [0.15, 0.2) is 28.9 Å². The number of methoxy groups -OCH3 is 1. The molecule has 1 aromatic heterocycles. The fraction of sp³-hybridized carbons (Fsp3) is 0.467. The molecular formula is C15H19BO4. The summed E-state index contributed by atoms with van der Waals surface area (Å²) in [5.41, 5.74) is 0.895. The highest BCUT2D eigenvalue weighted by molar-refractivity contribution is 6.64. The average Bonchev–Trinajstić information content (AvgIpc) is 2.90. The third-order valence-electron chi connectivity index (χ3n) is 4.30. The van der Waals surface area contributed by atoms with E-state index in [0.717, 1.165) is 22.2 Å². The predicted octanol–water partition coefficient (Wildman–Crippen LogP) is 2.74. The molecule has 0 unspecified atom stereocenters. The van der Waals surface area contributed by atoms with Gasteiger partial charge in [0, 0.05) is 10.8 Å². The Bertz CT molecular complexity index is 628. The fourth-order valence-corrected chi connectivity index (χ4v) is 2.34. The van der Waals surface area contributed by atoms with Gasteiger partial charge < -0.3 is 18.5 Å². The van der Waals surface area contributed by atoms with Crippen molar-refractivity contribution in [2.45, 2.75) is 38.9 Å². The standard InChI is InChI=1S/C15H19BO4/c1-14(2)15(3,4)20-16(19-14)12-9-11(17-5)8-10-6-7-18-13(10)12/h6-9H,1-5H3. The van der Waals surface area contributed by atoms with Gasteiger partial charge >= 0.3 is 7.12 Å². The molecule has 1 fully saturated rings. The van der Waals surface area contributed by atoms with Crippen molar-refractivity contribution in [3.8, 4) is 5.75 Å². The maximum Gasteiger partial charge on any atom is 0.498 e. The molecule has 0 aliphatic carbocycles. The van der Waals surface area contributed by atoms with Gasteiger partial charge in [0.05, 0.1) is 24.6 Å². The summed E-state index contributed by atoms with van der Waals surface area (Å²) in [7, 11) is 1.19. The second kappa shape index (κ2) is 4.27. The van der Waals surface area contributed by atoms with Gasteiger partial charge in [0.2, 0.25) is 0 Å². The molecule has 1 saturated heterocycles. The van der Waals surface area contributed by atoms with Crippen LogP contribution in [0.5, 0.6) is 5.75 Å². The first-order chi connectivity index (χ1) is 9.34. The SMILES string of the molecule is COc1cc(B2OC(C)(C)C(C)(C)O2)c2occc2c1. The average molecular weight is 274 g/mol. The predicted molar refractivity (Wildman–Crippen MR) is 78.5 cm³/mol. The Hall–Kier alpha value is -1.46. The van der Waals surface area contributed by atoms with Gasteiger partial charge in [-0.2, -0.15) is 0 Å². The molecule has 0 spiro atoms. The van der Waals surface area contributed by atoms with Gasteiger partial charge in [-0.25, -0.2) is 0 Å². The van der Waals surface area contributed by atoms with E-state index in [1.165, 1.54) is 0 Å². The summed E-state index contributed by atoms with van der Waals surface area (Å²) in [6.07, 6.45) is 1.67. The number of rotatable bonds is 2. The van der Waals surface area contributed by atoms with Crippen LogP contribution in [0.2, 0.25) is 0 Å². The third kappa shape index (κ3) is 1.93. The number of hydrogen-bond acceptors (Lipinski definition) is 4. The van der Waals surface area contributed by atoms with E-state index in [4.69, 9.17) is 18.5 Å². The number of fused-ring (bicyclic) bond motifs is 1. The van der Waals surface area contributed by atoms with E-state index >= 15 is 0 Å². The molecule has 4 nitrogen and oxygen atoms in total. The first kappa shape index (κ1) is 13.5. The Morgan fingerprint density at radius 1 is 1.05 bits per heavy atom. The van der Waals surface area contributed by atoms with Crippen LogP contribution in [0.1, 0.15) is 27.7 Å². The van der Waals surface area contributed by atoms with Gasteiger partial charge in [0.15, 0.2) is 0 Å². The molecule has 3 rings (SSSR count). The molecule has 2 aromatic rings. The Balaban J connectivity index is 2.09. The molecule has 0 atom stereocenters. The first-order valence-electron chi connectivity index (χ1n) is 6.75. The topological polar surface area (TPSA) is 40.8 Å². The zero-order valence-electron chi connectivity index (χ0n) is 12.5. The minimum absolute atomic E-state index is 0.375. The number of furan rings is 1. The van der Waals surface area contributed by atoms with Gasteiger partial charge in [0.25, 0.3) is 0 Å². The lowest BCUT2D eigenvalue weighted by Crippen LogP contribution is -2.41. The summed E-state index contributed by atoms with van der Waals surface area (Å²) in [5.74, 6) is 0.767. The molecule has 0 N–H and O–H groups in total. The lowest BCUT2D eigenvalue weighted by molar-refractivity contribution is 0.00578. The Kier molecular flexibility index (Phi) is 2.89. The summed E-state index contributed by atoms with van der Waals surface area (Å²) in [6, 6.07) is 5.76. The molecule has 1 aliphatic rings. The van der Waals surface area contributed by atoms with Gasteiger partial charge in [-0.1, -0.05) is 0 Å². The van der Waals surface area contributed by atoms with Gasteiger partial charge in [-0.3, -0.25) is 0 Å². The molecule has 2 heterocycles. The van der Waals surface area contributed by atoms with E-state index in [1.807, 2.05) is 45.9 Å². The molecule has 5 heteroatoms. The number of ether oxygens (including phenoxy) is 1. The van der Waals surface area contributed by atoms with E-state index in [1.54, 1.807) is 13.4 Å². The van der Waals surface area contributed by atoms with Crippen LogP contribution in [-0.2, 0) is 9.31 Å². The van der Waals surface area contributed by atoms with Crippen molar-refractivity contribution in [3.63, 3.8) is 0 Å². The molecule has 0 saturated carbocycles. The van der Waals surface area contributed by atoms with E-state index in [2.05, 4.69) is 0 Å². The van der Waals surface area contributed by atoms with Crippen molar-refractivity contribution in [1.82, 2.24) is 0 Å². The van der Waals surface area contributed by atoms with Crippen molar-refractivity contribution in [2.24, 2.45) is 0 Å². The monoisotopic (exact) mass is 274 g/mol. The van der Waals surface area contributed by atoms with Gasteiger partial charge in [-0.15, -0.1) is 0 Å². The van der Waals surface area contributed by atoms with E-state index < -0.39 is 7.12 Å². The zero-order valence-corrected chi connectivity index (χ0v) is 12.5. The van der Waals surface area contributed by atoms with Crippen molar-refractivity contribution in [3.05, 3.63) is 24.5 Å². The minimum Gasteiger partial charge on any atom is -0.497 e. The van der Waals surface area contributed by atoms with Crippen LogP contribution in [-0.4, -0.2) is 25.4 Å². The third-order valence-corrected chi connectivity index (χ3v) is 4.30. The van der Waals surface area contributed by atoms with Gasteiger partial charge in [-0.05, 0) is 45.9 Å². The Labute approximate surface area is 119 Å². The smallest absolute Gasteiger partial charge is 0.497 e. The summed E-state index contributed by atoms with van der Waals surface area (Å²) < 4.78 is 23.1. The second-order valence-electron chi connectivity index (χ2n) is 6.14. The summed E-state index contributed by atoms with van der Waals surface area (Å²) in [5, 5.41) is 0.981. The van der Waals surface area contributed by atoms with E-state index in [-0.39, 0.29) is 11.2 Å². The Morgan fingerprint density at radius 3 is 2.30 bits per heavy atom. The van der Waals surface area contributed by atoms with Crippen LogP contribution < -0.4 is 10.2 Å². The van der Waals surface area contributed by atoms with Crippen molar-refractivity contribution >= 4 is 23.6 Å². The fourth-order valence-electron chi connectivity index (χ4n) is 2.34. The van der Waals surface area contributed by atoms with Crippen LogP contribution in [0.25, 0.3) is 11.0 Å². The summed E-state index contributed by atoms with van der Waals surface area (Å²) in [4.78, 5) is 0. The number of benzene rings is 1.